The second kappa shape index (κ2) is 4.74. The fourth-order valence-electron chi connectivity index (χ4n) is 3.22. The SMILES string of the molecule is CC1(C)CC(=O)C2C(c3cc(Cl)cc(Cl)c3)=NNC2C1. The predicted octanol–water partition coefficient (Wildman–Crippen LogP) is 3.67. The number of fused-ring (bicyclic) bond motifs is 1. The van der Waals surface area contributed by atoms with Crippen molar-refractivity contribution in [1.29, 1.82) is 0 Å². The van der Waals surface area contributed by atoms with Gasteiger partial charge < -0.3 is 5.43 Å². The number of carbonyl (C=O) groups excluding carboxylic acids is 1. The van der Waals surface area contributed by atoms with E-state index in [1.807, 2.05) is 12.1 Å². The maximum atomic E-state index is 12.5. The van der Waals surface area contributed by atoms with Crippen molar-refractivity contribution in [2.45, 2.75) is 32.7 Å². The summed E-state index contributed by atoms with van der Waals surface area (Å²) in [6.45, 7) is 4.24. The largest absolute Gasteiger partial charge is 0.306 e. The zero-order valence-corrected chi connectivity index (χ0v) is 12.9. The number of Topliss-reactive ketones (excluding diaryl/α,β-unsaturated/α-hetero) is 1. The average molecular weight is 311 g/mol. The van der Waals surface area contributed by atoms with Gasteiger partial charge in [-0.2, -0.15) is 5.10 Å². The minimum Gasteiger partial charge on any atom is -0.306 e. The molecular formula is C15H16Cl2N2O. The number of carbonyl (C=O) groups is 1. The lowest BCUT2D eigenvalue weighted by molar-refractivity contribution is -0.126. The lowest BCUT2D eigenvalue weighted by Gasteiger charge is -2.36. The maximum Gasteiger partial charge on any atom is 0.144 e. The van der Waals surface area contributed by atoms with Crippen LogP contribution in [0.25, 0.3) is 0 Å². The van der Waals surface area contributed by atoms with Crippen molar-refractivity contribution in [2.75, 3.05) is 0 Å². The average Bonchev–Trinajstić information content (AvgIpc) is 2.69. The number of hydrogen-bond donors (Lipinski definition) is 1. The van der Waals surface area contributed by atoms with Gasteiger partial charge in [-0.25, -0.2) is 0 Å². The summed E-state index contributed by atoms with van der Waals surface area (Å²) in [5, 5.41) is 5.49. The van der Waals surface area contributed by atoms with Crippen LogP contribution in [-0.4, -0.2) is 17.5 Å². The zero-order chi connectivity index (χ0) is 14.5. The molecule has 2 aliphatic rings. The number of hydrogen-bond acceptors (Lipinski definition) is 3. The Balaban J connectivity index is 1.95. The number of rotatable bonds is 1. The zero-order valence-electron chi connectivity index (χ0n) is 11.4. The van der Waals surface area contributed by atoms with Crippen LogP contribution in [0.15, 0.2) is 23.3 Å². The molecule has 1 aliphatic carbocycles. The van der Waals surface area contributed by atoms with Crippen LogP contribution in [0.1, 0.15) is 32.3 Å². The van der Waals surface area contributed by atoms with E-state index >= 15 is 0 Å². The number of nitrogens with one attached hydrogen (secondary N) is 1. The van der Waals surface area contributed by atoms with Gasteiger partial charge in [-0.3, -0.25) is 4.79 Å². The van der Waals surface area contributed by atoms with E-state index in [-0.39, 0.29) is 23.2 Å². The van der Waals surface area contributed by atoms with Gasteiger partial charge in [-0.05, 0) is 30.0 Å². The van der Waals surface area contributed by atoms with Crippen LogP contribution in [0.3, 0.4) is 0 Å². The summed E-state index contributed by atoms with van der Waals surface area (Å²) in [6.07, 6.45) is 1.52. The molecule has 1 aliphatic heterocycles. The molecule has 1 N–H and O–H groups in total. The van der Waals surface area contributed by atoms with Crippen LogP contribution in [0, 0.1) is 11.3 Å². The standard InChI is InChI=1S/C15H16Cl2N2O/c1-15(2)6-11-13(12(20)7-15)14(19-18-11)8-3-9(16)5-10(17)4-8/h3-5,11,13,18H,6-7H2,1-2H3. The highest BCUT2D eigenvalue weighted by molar-refractivity contribution is 6.35. The van der Waals surface area contributed by atoms with E-state index in [1.165, 1.54) is 0 Å². The van der Waals surface area contributed by atoms with Crippen LogP contribution >= 0.6 is 23.2 Å². The fourth-order valence-corrected chi connectivity index (χ4v) is 3.75. The van der Waals surface area contributed by atoms with Gasteiger partial charge in [0.15, 0.2) is 0 Å². The Morgan fingerprint density at radius 1 is 1.25 bits per heavy atom. The lowest BCUT2D eigenvalue weighted by Crippen LogP contribution is -2.45. The van der Waals surface area contributed by atoms with Gasteiger partial charge in [0, 0.05) is 22.0 Å². The number of nitrogens with zero attached hydrogens (tertiary/aromatic N) is 1. The molecule has 5 heteroatoms. The first-order valence-corrected chi connectivity index (χ1v) is 7.44. The first-order chi connectivity index (χ1) is 9.35. The van der Waals surface area contributed by atoms with E-state index in [1.54, 1.807) is 6.07 Å². The molecule has 3 nitrogen and oxygen atoms in total. The van der Waals surface area contributed by atoms with Crippen LogP contribution in [0.2, 0.25) is 10.0 Å². The van der Waals surface area contributed by atoms with Crippen molar-refractivity contribution in [2.24, 2.45) is 16.4 Å². The first-order valence-electron chi connectivity index (χ1n) is 6.68. The molecule has 1 fully saturated rings. The molecule has 0 saturated heterocycles. The molecule has 20 heavy (non-hydrogen) atoms. The van der Waals surface area contributed by atoms with Gasteiger partial charge in [0.25, 0.3) is 0 Å². The first kappa shape index (κ1) is 13.9. The second-order valence-corrected chi connectivity index (χ2v) is 7.25. The van der Waals surface area contributed by atoms with Crippen molar-refractivity contribution in [3.8, 4) is 0 Å². The molecule has 0 spiro atoms. The molecule has 106 valence electrons. The van der Waals surface area contributed by atoms with Crippen molar-refractivity contribution < 1.29 is 4.79 Å². The predicted molar refractivity (Wildman–Crippen MR) is 81.4 cm³/mol. The van der Waals surface area contributed by atoms with Gasteiger partial charge >= 0.3 is 0 Å². The Kier molecular flexibility index (Phi) is 3.30. The Bertz CT molecular complexity index is 590. The Morgan fingerprint density at radius 3 is 2.55 bits per heavy atom. The molecule has 0 bridgehead atoms. The van der Waals surface area contributed by atoms with Crippen molar-refractivity contribution in [3.05, 3.63) is 33.8 Å². The third-order valence-corrected chi connectivity index (χ3v) is 4.41. The smallest absolute Gasteiger partial charge is 0.144 e. The molecule has 0 aromatic heterocycles. The summed E-state index contributed by atoms with van der Waals surface area (Å²) < 4.78 is 0. The Hall–Kier alpha value is -1.06. The number of halogens is 2. The topological polar surface area (TPSA) is 41.5 Å². The van der Waals surface area contributed by atoms with Crippen molar-refractivity contribution in [1.82, 2.24) is 5.43 Å². The minimum atomic E-state index is -0.183. The third-order valence-electron chi connectivity index (χ3n) is 3.98. The summed E-state index contributed by atoms with van der Waals surface area (Å²) in [5.41, 5.74) is 4.74. The molecule has 2 unspecified atom stereocenters. The Morgan fingerprint density at radius 2 is 1.90 bits per heavy atom. The molecule has 0 amide bonds. The molecule has 0 radical (unpaired) electrons. The van der Waals surface area contributed by atoms with E-state index in [4.69, 9.17) is 23.2 Å². The highest BCUT2D eigenvalue weighted by Crippen LogP contribution is 2.40. The second-order valence-electron chi connectivity index (χ2n) is 6.38. The molecule has 1 saturated carbocycles. The van der Waals surface area contributed by atoms with Gasteiger partial charge in [0.05, 0.1) is 17.7 Å². The highest BCUT2D eigenvalue weighted by Gasteiger charge is 2.46. The van der Waals surface area contributed by atoms with E-state index in [2.05, 4.69) is 24.4 Å². The van der Waals surface area contributed by atoms with Crippen LogP contribution < -0.4 is 5.43 Å². The number of benzene rings is 1. The van der Waals surface area contributed by atoms with Crippen LogP contribution in [0.4, 0.5) is 0 Å². The fraction of sp³-hybridized carbons (Fsp3) is 0.467. The van der Waals surface area contributed by atoms with Gasteiger partial charge in [-0.1, -0.05) is 37.0 Å². The maximum absolute atomic E-state index is 12.5. The van der Waals surface area contributed by atoms with Crippen LogP contribution in [-0.2, 0) is 4.79 Å². The molecule has 1 aromatic rings. The summed E-state index contributed by atoms with van der Waals surface area (Å²) >= 11 is 12.1. The van der Waals surface area contributed by atoms with Crippen molar-refractivity contribution in [3.63, 3.8) is 0 Å². The summed E-state index contributed by atoms with van der Waals surface area (Å²) in [6, 6.07) is 5.38. The van der Waals surface area contributed by atoms with E-state index < -0.39 is 0 Å². The van der Waals surface area contributed by atoms with Crippen LogP contribution in [0.5, 0.6) is 0 Å². The Labute approximate surface area is 128 Å². The molecule has 3 rings (SSSR count). The van der Waals surface area contributed by atoms with Gasteiger partial charge in [-0.15, -0.1) is 0 Å². The van der Waals surface area contributed by atoms with Crippen molar-refractivity contribution >= 4 is 34.7 Å². The summed E-state index contributed by atoms with van der Waals surface area (Å²) in [7, 11) is 0. The van der Waals surface area contributed by atoms with Gasteiger partial charge in [0.1, 0.15) is 5.78 Å². The van der Waals surface area contributed by atoms with E-state index in [0.29, 0.717) is 16.5 Å². The quantitative estimate of drug-likeness (QED) is 0.859. The lowest BCUT2D eigenvalue weighted by atomic mass is 9.68. The van der Waals surface area contributed by atoms with E-state index in [9.17, 15) is 4.79 Å². The summed E-state index contributed by atoms with van der Waals surface area (Å²) in [5.74, 6) is 0.0589. The number of hydrazone groups is 1. The molecule has 2 atom stereocenters. The highest BCUT2D eigenvalue weighted by atomic mass is 35.5. The minimum absolute atomic E-state index is 0.0300. The monoisotopic (exact) mass is 310 g/mol. The number of ketones is 1. The van der Waals surface area contributed by atoms with E-state index in [0.717, 1.165) is 17.7 Å². The molecular weight excluding hydrogens is 295 g/mol. The summed E-state index contributed by atoms with van der Waals surface area (Å²) in [4.78, 5) is 12.5. The normalized spacial score (nSPS) is 27.8. The van der Waals surface area contributed by atoms with Gasteiger partial charge in [0.2, 0.25) is 0 Å². The molecule has 1 aromatic carbocycles. The third kappa shape index (κ3) is 2.45. The molecule has 1 heterocycles.